The summed E-state index contributed by atoms with van der Waals surface area (Å²) >= 11 is 6.08. The molecule has 2 aromatic heterocycles. The van der Waals surface area contributed by atoms with Crippen LogP contribution in [0.1, 0.15) is 33.3 Å². The van der Waals surface area contributed by atoms with Crippen molar-refractivity contribution in [2.45, 2.75) is 63.4 Å². The van der Waals surface area contributed by atoms with Gasteiger partial charge in [-0.3, -0.25) is 13.8 Å². The average Bonchev–Trinajstić information content (AvgIpc) is 3.19. The van der Waals surface area contributed by atoms with E-state index >= 15 is 0 Å². The van der Waals surface area contributed by atoms with E-state index in [1.165, 1.54) is 23.9 Å². The fourth-order valence-corrected chi connectivity index (χ4v) is 6.33. The largest absolute Gasteiger partial charge is 0.470 e. The zero-order valence-corrected chi connectivity index (χ0v) is 23.2. The molecule has 0 bridgehead atoms. The number of anilines is 1. The van der Waals surface area contributed by atoms with Gasteiger partial charge in [0, 0.05) is 24.7 Å². The normalized spacial score (nSPS) is 16.6. The second-order valence-corrected chi connectivity index (χ2v) is 13.5. The van der Waals surface area contributed by atoms with Gasteiger partial charge in [-0.2, -0.15) is 18.3 Å². The summed E-state index contributed by atoms with van der Waals surface area (Å²) in [5.74, 6) is -2.17. The van der Waals surface area contributed by atoms with Crippen LogP contribution in [-0.2, 0) is 42.4 Å². The number of fused-ring (bicyclic) bond motifs is 1. The lowest BCUT2D eigenvalue weighted by Crippen LogP contribution is -2.46. The van der Waals surface area contributed by atoms with E-state index in [-0.39, 0.29) is 32.9 Å². The SMILES string of the molecule is CCn1cc(S(=O)(=O)N2C[C@H](CS(=O)(=O)CC)Oc3ncc(CC(=O)OC(C)(C)C(F)(F)F)cc32)c(Cl)n1. The van der Waals surface area contributed by atoms with Gasteiger partial charge in [0.1, 0.15) is 16.7 Å². The van der Waals surface area contributed by atoms with Crippen LogP contribution in [0, 0.1) is 0 Å². The number of sulfone groups is 1. The van der Waals surface area contributed by atoms with Gasteiger partial charge in [0.2, 0.25) is 11.5 Å². The van der Waals surface area contributed by atoms with E-state index < -0.39 is 62.4 Å². The van der Waals surface area contributed by atoms with Crippen molar-refractivity contribution in [3.05, 3.63) is 29.2 Å². The minimum absolute atomic E-state index is 0.0329. The number of hydrogen-bond donors (Lipinski definition) is 0. The van der Waals surface area contributed by atoms with E-state index in [1.807, 2.05) is 0 Å². The average molecular weight is 603 g/mol. The molecule has 0 N–H and O–H groups in total. The number of ether oxygens (including phenoxy) is 2. The minimum Gasteiger partial charge on any atom is -0.470 e. The zero-order chi connectivity index (χ0) is 28.7. The molecule has 3 heterocycles. The monoisotopic (exact) mass is 602 g/mol. The number of halogens is 4. The van der Waals surface area contributed by atoms with Gasteiger partial charge >= 0.3 is 12.1 Å². The number of rotatable bonds is 9. The Morgan fingerprint density at radius 3 is 2.45 bits per heavy atom. The molecule has 2 aromatic rings. The van der Waals surface area contributed by atoms with Crippen molar-refractivity contribution in [2.24, 2.45) is 0 Å². The molecular formula is C21H26ClF3N4O7S2. The van der Waals surface area contributed by atoms with Crippen LogP contribution in [0.25, 0.3) is 0 Å². The predicted octanol–water partition coefficient (Wildman–Crippen LogP) is 2.77. The number of esters is 1. The minimum atomic E-state index is -4.81. The fraction of sp³-hybridized carbons (Fsp3) is 0.571. The maximum Gasteiger partial charge on any atom is 0.427 e. The van der Waals surface area contributed by atoms with E-state index in [9.17, 15) is 34.8 Å². The molecule has 0 aliphatic carbocycles. The highest BCUT2D eigenvalue weighted by Crippen LogP contribution is 2.38. The number of nitrogens with zero attached hydrogens (tertiary/aromatic N) is 4. The molecular weight excluding hydrogens is 577 g/mol. The van der Waals surface area contributed by atoms with Crippen LogP contribution < -0.4 is 9.04 Å². The lowest BCUT2D eigenvalue weighted by Gasteiger charge is -2.34. The highest BCUT2D eigenvalue weighted by atomic mass is 35.5. The Balaban J connectivity index is 2.02. The van der Waals surface area contributed by atoms with Crippen molar-refractivity contribution in [2.75, 3.05) is 22.4 Å². The third-order valence-corrected chi connectivity index (χ3v) is 9.59. The first-order valence-corrected chi connectivity index (χ1v) is 14.9. The second kappa shape index (κ2) is 10.5. The number of aryl methyl sites for hydroxylation is 1. The molecule has 0 saturated heterocycles. The predicted molar refractivity (Wildman–Crippen MR) is 130 cm³/mol. The molecule has 0 fully saturated rings. The third kappa shape index (κ3) is 6.34. The molecule has 17 heteroatoms. The molecule has 0 radical (unpaired) electrons. The van der Waals surface area contributed by atoms with Crippen LogP contribution in [-0.4, -0.2) is 73.5 Å². The summed E-state index contributed by atoms with van der Waals surface area (Å²) in [5, 5.41) is 3.61. The Bertz CT molecular complexity index is 1430. The first-order chi connectivity index (χ1) is 17.4. The first-order valence-electron chi connectivity index (χ1n) is 11.3. The standard InChI is InChI=1S/C21H26ClF3N4O7S2/c1-5-28-11-16(18(22)27-28)38(33,34)29-10-14(12-37(31,32)6-2)35-19-15(29)7-13(9-26-19)8-17(30)36-20(3,4)21(23,24)25/h7,9,11,14H,5-6,8,10,12H2,1-4H3/t14-/m1/s1. The second-order valence-electron chi connectivity index (χ2n) is 8.94. The summed E-state index contributed by atoms with van der Waals surface area (Å²) < 4.78 is 103. The summed E-state index contributed by atoms with van der Waals surface area (Å²) in [5.41, 5.74) is -2.88. The quantitative estimate of drug-likeness (QED) is 0.397. The Hall–Kier alpha value is -2.59. The molecule has 11 nitrogen and oxygen atoms in total. The van der Waals surface area contributed by atoms with Gasteiger partial charge in [-0.15, -0.1) is 0 Å². The molecule has 0 aromatic carbocycles. The lowest BCUT2D eigenvalue weighted by atomic mass is 10.1. The van der Waals surface area contributed by atoms with Gasteiger partial charge in [-0.1, -0.05) is 18.5 Å². The number of alkyl halides is 3. The number of hydrogen-bond acceptors (Lipinski definition) is 9. The number of sulfonamides is 1. The van der Waals surface area contributed by atoms with Gasteiger partial charge in [-0.05, 0) is 32.4 Å². The highest BCUT2D eigenvalue weighted by Gasteiger charge is 2.50. The van der Waals surface area contributed by atoms with Crippen LogP contribution in [0.2, 0.25) is 5.15 Å². The number of carbonyl (C=O) groups is 1. The summed E-state index contributed by atoms with van der Waals surface area (Å²) in [4.78, 5) is 15.9. The molecule has 1 aliphatic rings. The molecule has 1 aliphatic heterocycles. The Morgan fingerprint density at radius 1 is 1.24 bits per heavy atom. The smallest absolute Gasteiger partial charge is 0.427 e. The van der Waals surface area contributed by atoms with E-state index in [2.05, 4.69) is 14.8 Å². The van der Waals surface area contributed by atoms with Crippen LogP contribution in [0.4, 0.5) is 18.9 Å². The fourth-order valence-electron chi connectivity index (χ4n) is 3.42. The van der Waals surface area contributed by atoms with Crippen LogP contribution in [0.15, 0.2) is 23.4 Å². The Kier molecular flexibility index (Phi) is 8.30. The summed E-state index contributed by atoms with van der Waals surface area (Å²) in [6.07, 6.45) is -4.29. The van der Waals surface area contributed by atoms with Crippen molar-refractivity contribution in [1.29, 1.82) is 0 Å². The molecule has 0 amide bonds. The maximum atomic E-state index is 13.7. The summed E-state index contributed by atoms with van der Waals surface area (Å²) in [6, 6.07) is 1.20. The zero-order valence-electron chi connectivity index (χ0n) is 20.8. The topological polar surface area (TPSA) is 138 Å². The van der Waals surface area contributed by atoms with E-state index in [0.717, 1.165) is 10.5 Å². The Morgan fingerprint density at radius 2 is 1.89 bits per heavy atom. The summed E-state index contributed by atoms with van der Waals surface area (Å²) in [6.45, 7) is 4.41. The molecule has 38 heavy (non-hydrogen) atoms. The van der Waals surface area contributed by atoms with Crippen molar-refractivity contribution in [1.82, 2.24) is 14.8 Å². The molecule has 1 atom stereocenters. The van der Waals surface area contributed by atoms with Crippen LogP contribution in [0.5, 0.6) is 5.88 Å². The van der Waals surface area contributed by atoms with Gasteiger partial charge in [0.15, 0.2) is 15.0 Å². The lowest BCUT2D eigenvalue weighted by molar-refractivity contribution is -0.257. The van der Waals surface area contributed by atoms with Gasteiger partial charge < -0.3 is 9.47 Å². The van der Waals surface area contributed by atoms with Crippen molar-refractivity contribution in [3.63, 3.8) is 0 Å². The van der Waals surface area contributed by atoms with Crippen molar-refractivity contribution in [3.8, 4) is 5.88 Å². The Labute approximate surface area is 222 Å². The van der Waals surface area contributed by atoms with Gasteiger partial charge in [0.05, 0.1) is 18.7 Å². The third-order valence-electron chi connectivity index (χ3n) is 5.66. The van der Waals surface area contributed by atoms with E-state index in [1.54, 1.807) is 6.92 Å². The molecule has 212 valence electrons. The first kappa shape index (κ1) is 30.0. The van der Waals surface area contributed by atoms with Crippen molar-refractivity contribution >= 4 is 43.1 Å². The van der Waals surface area contributed by atoms with Gasteiger partial charge in [0.25, 0.3) is 10.0 Å². The molecule has 3 rings (SSSR count). The highest BCUT2D eigenvalue weighted by molar-refractivity contribution is 7.93. The van der Waals surface area contributed by atoms with Crippen molar-refractivity contribution < 1.29 is 44.3 Å². The maximum absolute atomic E-state index is 13.7. The van der Waals surface area contributed by atoms with E-state index in [4.69, 9.17) is 16.3 Å². The molecule has 0 spiro atoms. The summed E-state index contributed by atoms with van der Waals surface area (Å²) in [7, 11) is -8.03. The van der Waals surface area contributed by atoms with Crippen LogP contribution in [0.3, 0.4) is 0 Å². The number of aromatic nitrogens is 3. The molecule has 0 unspecified atom stereocenters. The van der Waals surface area contributed by atoms with Crippen LogP contribution >= 0.6 is 11.6 Å². The number of pyridine rings is 1. The van der Waals surface area contributed by atoms with Gasteiger partial charge in [-0.25, -0.2) is 21.8 Å². The van der Waals surface area contributed by atoms with E-state index in [0.29, 0.717) is 20.4 Å². The number of carbonyl (C=O) groups excluding carboxylic acids is 1. The molecule has 0 saturated carbocycles.